The number of hydrogen-bond acceptors (Lipinski definition) is 6. The Morgan fingerprint density at radius 2 is 1.82 bits per heavy atom. The van der Waals surface area contributed by atoms with Gasteiger partial charge in [-0.05, 0) is 66.9 Å². The minimum absolute atomic E-state index is 0.0475. The maximum atomic E-state index is 13.2. The summed E-state index contributed by atoms with van der Waals surface area (Å²) in [5.41, 5.74) is 2.71. The van der Waals surface area contributed by atoms with E-state index in [1.807, 2.05) is 32.0 Å². The van der Waals surface area contributed by atoms with Crippen molar-refractivity contribution in [1.82, 2.24) is 9.88 Å². The first kappa shape index (κ1) is 23.0. The van der Waals surface area contributed by atoms with Gasteiger partial charge in [-0.2, -0.15) is 0 Å². The molecule has 1 aromatic heterocycles. The number of methoxy groups -OCH3 is 1. The van der Waals surface area contributed by atoms with E-state index in [0.29, 0.717) is 29.2 Å². The number of aryl methyl sites for hydroxylation is 1. The van der Waals surface area contributed by atoms with E-state index in [-0.39, 0.29) is 17.9 Å². The molecule has 174 valence electrons. The van der Waals surface area contributed by atoms with Gasteiger partial charge in [0.25, 0.3) is 11.7 Å². The Bertz CT molecular complexity index is 1240. The van der Waals surface area contributed by atoms with Crippen LogP contribution >= 0.6 is 0 Å². The van der Waals surface area contributed by atoms with Crippen LogP contribution in [0.2, 0.25) is 0 Å². The van der Waals surface area contributed by atoms with Crippen LogP contribution in [0.4, 0.5) is 0 Å². The molecule has 0 spiro atoms. The Labute approximate surface area is 198 Å². The molecule has 4 rings (SSSR count). The summed E-state index contributed by atoms with van der Waals surface area (Å²) in [5, 5.41) is 11.3. The summed E-state index contributed by atoms with van der Waals surface area (Å²) in [6.45, 7) is 4.41. The average Bonchev–Trinajstić information content (AvgIpc) is 3.10. The van der Waals surface area contributed by atoms with Gasteiger partial charge >= 0.3 is 0 Å². The van der Waals surface area contributed by atoms with Gasteiger partial charge in [0.2, 0.25) is 0 Å². The SMILES string of the molecule is CCOc1ccc(C2/C(=C(\O)c3ccc(OC)cc3C)C(=O)C(=O)N2Cc2cccnc2)cc1. The standard InChI is InChI=1S/C27H26N2O5/c1-4-34-20-9-7-19(8-10-20)24-23(25(30)22-12-11-21(33-3)14-17(22)2)26(31)27(32)29(24)16-18-6-5-13-28-15-18/h5-15,24,30H,4,16H2,1-3H3/b25-23+. The smallest absolute Gasteiger partial charge is 0.295 e. The van der Waals surface area contributed by atoms with E-state index in [4.69, 9.17) is 9.47 Å². The quantitative estimate of drug-likeness (QED) is 0.320. The van der Waals surface area contributed by atoms with Crippen molar-refractivity contribution < 1.29 is 24.2 Å². The fraction of sp³-hybridized carbons (Fsp3) is 0.222. The summed E-state index contributed by atoms with van der Waals surface area (Å²) in [5.74, 6) is -0.298. The van der Waals surface area contributed by atoms with Gasteiger partial charge in [0, 0.05) is 24.5 Å². The van der Waals surface area contributed by atoms with E-state index in [0.717, 1.165) is 11.1 Å². The Balaban J connectivity index is 1.85. The van der Waals surface area contributed by atoms with Gasteiger partial charge in [0.15, 0.2) is 0 Å². The van der Waals surface area contributed by atoms with Crippen molar-refractivity contribution in [3.8, 4) is 11.5 Å². The monoisotopic (exact) mass is 458 g/mol. The minimum atomic E-state index is -0.766. The number of amides is 1. The van der Waals surface area contributed by atoms with Crippen LogP contribution in [-0.2, 0) is 16.1 Å². The highest BCUT2D eigenvalue weighted by molar-refractivity contribution is 6.46. The molecule has 7 heteroatoms. The molecule has 2 aromatic carbocycles. The number of aliphatic hydroxyl groups is 1. The van der Waals surface area contributed by atoms with Crippen LogP contribution in [0.3, 0.4) is 0 Å². The summed E-state index contributed by atoms with van der Waals surface area (Å²) in [7, 11) is 1.56. The highest BCUT2D eigenvalue weighted by Crippen LogP contribution is 2.41. The first-order valence-corrected chi connectivity index (χ1v) is 11.0. The average molecular weight is 459 g/mol. The van der Waals surface area contributed by atoms with Crippen LogP contribution < -0.4 is 9.47 Å². The molecule has 1 unspecified atom stereocenters. The maximum absolute atomic E-state index is 13.2. The summed E-state index contributed by atoms with van der Waals surface area (Å²) in [6, 6.07) is 15.2. The first-order chi connectivity index (χ1) is 16.4. The van der Waals surface area contributed by atoms with Crippen molar-refractivity contribution in [2.24, 2.45) is 0 Å². The van der Waals surface area contributed by atoms with Crippen LogP contribution in [0.1, 0.15) is 35.2 Å². The molecule has 3 aromatic rings. The number of ether oxygens (including phenoxy) is 2. The van der Waals surface area contributed by atoms with Gasteiger partial charge in [-0.15, -0.1) is 0 Å². The molecule has 0 saturated carbocycles. The van der Waals surface area contributed by atoms with Crippen LogP contribution in [0.15, 0.2) is 72.6 Å². The number of carbonyl (C=O) groups is 2. The predicted octanol–water partition coefficient (Wildman–Crippen LogP) is 4.42. The van der Waals surface area contributed by atoms with E-state index in [1.54, 1.807) is 55.9 Å². The van der Waals surface area contributed by atoms with Gasteiger partial charge in [0.1, 0.15) is 17.3 Å². The fourth-order valence-electron chi connectivity index (χ4n) is 4.16. The second-order valence-electron chi connectivity index (χ2n) is 7.97. The number of Topliss-reactive ketones (excluding diaryl/α,β-unsaturated/α-hetero) is 1. The van der Waals surface area contributed by atoms with E-state index in [2.05, 4.69) is 4.98 Å². The van der Waals surface area contributed by atoms with E-state index >= 15 is 0 Å². The Morgan fingerprint density at radius 3 is 2.44 bits per heavy atom. The number of aliphatic hydroxyl groups excluding tert-OH is 1. The first-order valence-electron chi connectivity index (χ1n) is 11.0. The van der Waals surface area contributed by atoms with Gasteiger partial charge in [-0.25, -0.2) is 0 Å². The summed E-state index contributed by atoms with van der Waals surface area (Å²) >= 11 is 0. The molecule has 2 heterocycles. The summed E-state index contributed by atoms with van der Waals surface area (Å²) in [6.07, 6.45) is 3.30. The lowest BCUT2D eigenvalue weighted by molar-refractivity contribution is -0.140. The normalized spacial score (nSPS) is 17.1. The second-order valence-corrected chi connectivity index (χ2v) is 7.97. The number of benzene rings is 2. The Kier molecular flexibility index (Phi) is 6.63. The number of rotatable bonds is 7. The third-order valence-corrected chi connectivity index (χ3v) is 5.81. The molecule has 1 amide bonds. The van der Waals surface area contributed by atoms with E-state index in [9.17, 15) is 14.7 Å². The third kappa shape index (κ3) is 4.37. The number of carbonyl (C=O) groups excluding carboxylic acids is 2. The number of likely N-dealkylation sites (tertiary alicyclic amines) is 1. The fourth-order valence-corrected chi connectivity index (χ4v) is 4.16. The van der Waals surface area contributed by atoms with Gasteiger partial charge in [-0.1, -0.05) is 18.2 Å². The summed E-state index contributed by atoms with van der Waals surface area (Å²) in [4.78, 5) is 32.0. The minimum Gasteiger partial charge on any atom is -0.507 e. The van der Waals surface area contributed by atoms with E-state index in [1.165, 1.54) is 4.90 Å². The second kappa shape index (κ2) is 9.79. The molecule has 1 atom stereocenters. The predicted molar refractivity (Wildman–Crippen MR) is 127 cm³/mol. The highest BCUT2D eigenvalue weighted by Gasteiger charge is 2.46. The molecular formula is C27H26N2O5. The molecule has 0 aliphatic carbocycles. The lowest BCUT2D eigenvalue weighted by Crippen LogP contribution is -2.29. The molecule has 0 bridgehead atoms. The molecule has 34 heavy (non-hydrogen) atoms. The number of hydrogen-bond donors (Lipinski definition) is 1. The van der Waals surface area contributed by atoms with Crippen molar-refractivity contribution >= 4 is 17.4 Å². The van der Waals surface area contributed by atoms with Crippen molar-refractivity contribution in [3.63, 3.8) is 0 Å². The zero-order valence-electron chi connectivity index (χ0n) is 19.3. The van der Waals surface area contributed by atoms with Crippen LogP contribution in [0, 0.1) is 6.92 Å². The Hall–Kier alpha value is -4.13. The van der Waals surface area contributed by atoms with Crippen LogP contribution in [-0.4, -0.2) is 40.4 Å². The highest BCUT2D eigenvalue weighted by atomic mass is 16.5. The van der Waals surface area contributed by atoms with Crippen LogP contribution in [0.25, 0.3) is 5.76 Å². The molecule has 1 aliphatic rings. The number of pyridine rings is 1. The summed E-state index contributed by atoms with van der Waals surface area (Å²) < 4.78 is 10.8. The van der Waals surface area contributed by atoms with Gasteiger partial charge < -0.3 is 19.5 Å². The molecule has 1 fully saturated rings. The molecule has 7 nitrogen and oxygen atoms in total. The maximum Gasteiger partial charge on any atom is 0.295 e. The zero-order chi connectivity index (χ0) is 24.2. The van der Waals surface area contributed by atoms with Crippen molar-refractivity contribution in [2.75, 3.05) is 13.7 Å². The third-order valence-electron chi connectivity index (χ3n) is 5.81. The zero-order valence-corrected chi connectivity index (χ0v) is 19.3. The van der Waals surface area contributed by atoms with Crippen molar-refractivity contribution in [2.45, 2.75) is 26.4 Å². The largest absolute Gasteiger partial charge is 0.507 e. The number of aromatic nitrogens is 1. The molecule has 1 saturated heterocycles. The van der Waals surface area contributed by atoms with Crippen molar-refractivity contribution in [1.29, 1.82) is 0 Å². The van der Waals surface area contributed by atoms with Gasteiger partial charge in [0.05, 0.1) is 25.3 Å². The number of nitrogens with zero attached hydrogens (tertiary/aromatic N) is 2. The van der Waals surface area contributed by atoms with Crippen molar-refractivity contribution in [3.05, 3.63) is 94.8 Å². The topological polar surface area (TPSA) is 89.0 Å². The molecular weight excluding hydrogens is 432 g/mol. The number of ketones is 1. The molecule has 1 N–H and O–H groups in total. The molecule has 1 aliphatic heterocycles. The lowest BCUT2D eigenvalue weighted by atomic mass is 9.93. The van der Waals surface area contributed by atoms with Gasteiger partial charge in [-0.3, -0.25) is 14.6 Å². The lowest BCUT2D eigenvalue weighted by Gasteiger charge is -2.25. The van der Waals surface area contributed by atoms with Crippen LogP contribution in [0.5, 0.6) is 11.5 Å². The Morgan fingerprint density at radius 1 is 1.09 bits per heavy atom. The molecule has 0 radical (unpaired) electrons. The van der Waals surface area contributed by atoms with E-state index < -0.39 is 17.7 Å².